The Morgan fingerprint density at radius 1 is 1.59 bits per heavy atom. The number of aliphatic hydroxyl groups excluding tert-OH is 1. The van der Waals surface area contributed by atoms with Crippen LogP contribution in [-0.2, 0) is 6.50 Å². The van der Waals surface area contributed by atoms with Gasteiger partial charge < -0.3 is 14.9 Å². The second kappa shape index (κ2) is 5.73. The van der Waals surface area contributed by atoms with Crippen LogP contribution in [0.4, 0.5) is 0 Å². The fourth-order valence-corrected chi connectivity index (χ4v) is 3.01. The minimum absolute atomic E-state index is 0.0661. The summed E-state index contributed by atoms with van der Waals surface area (Å²) >= 11 is 5.75. The van der Waals surface area contributed by atoms with Crippen LogP contribution in [0, 0.1) is 16.0 Å². The summed E-state index contributed by atoms with van der Waals surface area (Å²) < 4.78 is 16.9. The number of rotatable bonds is 3. The van der Waals surface area contributed by atoms with E-state index in [2.05, 4.69) is 4.98 Å². The van der Waals surface area contributed by atoms with E-state index in [-0.39, 0.29) is 35.2 Å². The number of allylic oxidation sites excluding steroid dienone is 1. The van der Waals surface area contributed by atoms with Gasteiger partial charge in [-0.3, -0.25) is 10.1 Å². The molecule has 2 aliphatic heterocycles. The van der Waals surface area contributed by atoms with Gasteiger partial charge in [-0.25, -0.2) is 4.98 Å². The first-order chi connectivity index (χ1) is 11.2. The van der Waals surface area contributed by atoms with E-state index in [4.69, 9.17) is 14.3 Å². The Morgan fingerprint density at radius 2 is 2.36 bits per heavy atom. The van der Waals surface area contributed by atoms with Gasteiger partial charge in [0.2, 0.25) is 0 Å². The number of hydrogen-bond acceptors (Lipinski definition) is 6. The molecular weight excluding hydrogens is 308 g/mol. The van der Waals surface area contributed by atoms with Crippen molar-refractivity contribution in [3.05, 3.63) is 50.7 Å². The smallest absolute Gasteiger partial charge is 0.289 e. The zero-order valence-corrected chi connectivity index (χ0v) is 12.7. The highest BCUT2D eigenvalue weighted by Gasteiger charge is 2.44. The number of halogens is 1. The van der Waals surface area contributed by atoms with Gasteiger partial charge in [-0.2, -0.15) is 0 Å². The van der Waals surface area contributed by atoms with Crippen molar-refractivity contribution in [2.75, 3.05) is 13.1 Å². The molecule has 3 rings (SSSR count). The van der Waals surface area contributed by atoms with Crippen molar-refractivity contribution in [3.63, 3.8) is 0 Å². The van der Waals surface area contributed by atoms with Crippen molar-refractivity contribution >= 4 is 11.6 Å². The van der Waals surface area contributed by atoms with Gasteiger partial charge in [0.1, 0.15) is 11.4 Å². The maximum absolute atomic E-state index is 11.5. The number of hydrogen-bond donors (Lipinski definition) is 1. The maximum Gasteiger partial charge on any atom is 0.289 e. The fraction of sp³-hybridized carbons (Fsp3) is 0.500. The number of aliphatic hydroxyl groups is 1. The van der Waals surface area contributed by atoms with Crippen LogP contribution >= 0.6 is 11.6 Å². The molecule has 22 heavy (non-hydrogen) atoms. The molecule has 0 bridgehead atoms. The summed E-state index contributed by atoms with van der Waals surface area (Å²) in [5, 5.41) is 22.0. The van der Waals surface area contributed by atoms with E-state index in [1.54, 1.807) is 6.92 Å². The molecule has 2 unspecified atom stereocenters. The monoisotopic (exact) mass is 328 g/mol. The summed E-state index contributed by atoms with van der Waals surface area (Å²) in [5.41, 5.74) is 0.181. The van der Waals surface area contributed by atoms with Crippen molar-refractivity contribution in [1.82, 2.24) is 14.8 Å². The molecule has 8 heteroatoms. The number of pyridine rings is 1. The van der Waals surface area contributed by atoms with Crippen molar-refractivity contribution in [1.29, 1.82) is 0 Å². The Bertz CT molecular complexity index is 698. The van der Waals surface area contributed by atoms with Crippen LogP contribution in [0.25, 0.3) is 0 Å². The lowest BCUT2D eigenvalue weighted by atomic mass is 9.98. The van der Waals surface area contributed by atoms with Crippen LogP contribution in [0.5, 0.6) is 0 Å². The molecule has 2 aliphatic rings. The van der Waals surface area contributed by atoms with Crippen molar-refractivity contribution in [2.45, 2.75) is 26.1 Å². The van der Waals surface area contributed by atoms with E-state index in [0.717, 1.165) is 0 Å². The van der Waals surface area contributed by atoms with E-state index in [9.17, 15) is 15.2 Å². The molecule has 1 aromatic rings. The van der Waals surface area contributed by atoms with Crippen LogP contribution in [-0.4, -0.2) is 44.1 Å². The summed E-state index contributed by atoms with van der Waals surface area (Å²) in [6, 6.07) is 2.98. The highest BCUT2D eigenvalue weighted by Crippen LogP contribution is 2.36. The first-order valence-corrected chi connectivity index (χ1v) is 7.34. The summed E-state index contributed by atoms with van der Waals surface area (Å²) in [6.45, 7) is 0.203. The van der Waals surface area contributed by atoms with Gasteiger partial charge in [0.15, 0.2) is 5.82 Å². The van der Waals surface area contributed by atoms with E-state index >= 15 is 0 Å². The average Bonchev–Trinajstić information content (AvgIpc) is 2.93. The number of nitro groups is 1. The van der Waals surface area contributed by atoms with E-state index in [0.29, 0.717) is 6.54 Å². The minimum Gasteiger partial charge on any atom is -0.374 e. The molecule has 0 radical (unpaired) electrons. The maximum atomic E-state index is 11.5. The molecule has 2 atom stereocenters. The van der Waals surface area contributed by atoms with Crippen LogP contribution < -0.4 is 0 Å². The predicted molar refractivity (Wildman–Crippen MR) is 80.2 cm³/mol. The fourth-order valence-electron chi connectivity index (χ4n) is 2.89. The third-order valence-corrected chi connectivity index (χ3v) is 4.12. The molecule has 118 valence electrons. The molecule has 7 nitrogen and oxygen atoms in total. The molecule has 1 aromatic heterocycles. The quantitative estimate of drug-likeness (QED) is 0.516. The number of fused-ring (bicyclic) bond motifs is 1. The SMILES string of the molecule is [3H]C([3H])(c1ccc(Cl)nc1)N1CCN2C1=C([N+](=O)[O-])C(C)CC2O. The van der Waals surface area contributed by atoms with Gasteiger partial charge >= 0.3 is 0 Å². The molecule has 0 spiro atoms. The zero-order valence-electron chi connectivity index (χ0n) is 13.9. The first kappa shape index (κ1) is 12.7. The third-order valence-electron chi connectivity index (χ3n) is 3.90. The van der Waals surface area contributed by atoms with Crippen molar-refractivity contribution < 1.29 is 12.8 Å². The van der Waals surface area contributed by atoms with Gasteiger partial charge in [-0.1, -0.05) is 24.6 Å². The largest absolute Gasteiger partial charge is 0.374 e. The van der Waals surface area contributed by atoms with Crippen LogP contribution in [0.2, 0.25) is 5.15 Å². The topological polar surface area (TPSA) is 82.7 Å². The Kier molecular flexibility index (Phi) is 3.30. The van der Waals surface area contributed by atoms with Crippen molar-refractivity contribution in [3.8, 4) is 0 Å². The molecule has 0 aliphatic carbocycles. The second-order valence-corrected chi connectivity index (χ2v) is 5.80. The number of aromatic nitrogens is 1. The lowest BCUT2D eigenvalue weighted by Gasteiger charge is -2.34. The van der Waals surface area contributed by atoms with Crippen LogP contribution in [0.15, 0.2) is 29.8 Å². The zero-order chi connectivity index (χ0) is 17.6. The van der Waals surface area contributed by atoms with E-state index in [1.165, 1.54) is 28.1 Å². The van der Waals surface area contributed by atoms with Gasteiger partial charge in [0.05, 0.1) is 13.6 Å². The molecule has 3 heterocycles. The van der Waals surface area contributed by atoms with Crippen LogP contribution in [0.3, 0.4) is 0 Å². The first-order valence-electron chi connectivity index (χ1n) is 7.96. The Labute approximate surface area is 135 Å². The third kappa shape index (κ3) is 2.62. The predicted octanol–water partition coefficient (Wildman–Crippen LogP) is 1.66. The number of nitrogens with zero attached hydrogens (tertiary/aromatic N) is 4. The lowest BCUT2D eigenvalue weighted by molar-refractivity contribution is -0.439. The summed E-state index contributed by atoms with van der Waals surface area (Å²) in [4.78, 5) is 17.8. The van der Waals surface area contributed by atoms with E-state index in [1.807, 2.05) is 0 Å². The van der Waals surface area contributed by atoms with Gasteiger partial charge in [-0.15, -0.1) is 0 Å². The molecule has 0 saturated carbocycles. The van der Waals surface area contributed by atoms with Gasteiger partial charge in [0, 0.05) is 32.2 Å². The lowest BCUT2D eigenvalue weighted by Crippen LogP contribution is -2.41. The average molecular weight is 329 g/mol. The molecule has 1 saturated heterocycles. The molecule has 0 aromatic carbocycles. The Balaban J connectivity index is 2.09. The minimum atomic E-state index is -2.01. The van der Waals surface area contributed by atoms with E-state index < -0.39 is 23.6 Å². The van der Waals surface area contributed by atoms with Crippen molar-refractivity contribution in [2.24, 2.45) is 5.92 Å². The van der Waals surface area contributed by atoms with Gasteiger partial charge in [-0.05, 0) is 11.6 Å². The Morgan fingerprint density at radius 3 is 3.00 bits per heavy atom. The molecule has 0 amide bonds. The Hall–Kier alpha value is -1.86. The molecular formula is C14H17ClN4O3. The normalized spacial score (nSPS) is 26.7. The summed E-state index contributed by atoms with van der Waals surface area (Å²) in [6.07, 6.45) is 0.710. The standard InChI is InChI=1S/C14H17ClN4O3/c1-9-6-12(20)18-5-4-17(14(18)13(9)19(21)22)8-10-2-3-11(15)16-7-10/h2-3,7,9,12,20H,4-6,8H2,1H3/i8T2. The highest BCUT2D eigenvalue weighted by atomic mass is 35.5. The van der Waals surface area contributed by atoms with Crippen LogP contribution in [0.1, 0.15) is 21.6 Å². The molecule has 1 fully saturated rings. The summed E-state index contributed by atoms with van der Waals surface area (Å²) in [7, 11) is 0. The highest BCUT2D eigenvalue weighted by molar-refractivity contribution is 6.29. The van der Waals surface area contributed by atoms with Gasteiger partial charge in [0.25, 0.3) is 5.70 Å². The molecule has 1 N–H and O–H groups in total. The summed E-state index contributed by atoms with van der Waals surface area (Å²) in [5.74, 6) is -0.327. The second-order valence-electron chi connectivity index (χ2n) is 5.41.